The number of anilines is 1. The van der Waals surface area contributed by atoms with Crippen LogP contribution in [0.15, 0.2) is 47.1 Å². The third-order valence-corrected chi connectivity index (χ3v) is 20.9. The molecule has 0 aliphatic heterocycles. The summed E-state index contributed by atoms with van der Waals surface area (Å²) >= 11 is 0. The first-order valence-corrected chi connectivity index (χ1v) is 25.0. The third kappa shape index (κ3) is 7.03. The van der Waals surface area contributed by atoms with Crippen molar-refractivity contribution in [3.63, 3.8) is 0 Å². The molecule has 0 radical (unpaired) electrons. The van der Waals surface area contributed by atoms with Crippen LogP contribution >= 0.6 is 0 Å². The van der Waals surface area contributed by atoms with Crippen LogP contribution in [0.3, 0.4) is 0 Å². The number of hydrogen-bond donors (Lipinski definition) is 3. The molecule has 8 aliphatic rings. The van der Waals surface area contributed by atoms with Gasteiger partial charge in [-0.15, -0.1) is 0 Å². The van der Waals surface area contributed by atoms with Gasteiger partial charge in [-0.2, -0.15) is 0 Å². The summed E-state index contributed by atoms with van der Waals surface area (Å²) in [4.78, 5) is 26.8. The molecular weight excluding hydrogens is 775 g/mol. The monoisotopic (exact) mass is 854 g/mol. The van der Waals surface area contributed by atoms with Crippen molar-refractivity contribution in [1.82, 2.24) is 0 Å². The summed E-state index contributed by atoms with van der Waals surface area (Å²) in [6.45, 7) is 15.2. The summed E-state index contributed by atoms with van der Waals surface area (Å²) in [7, 11) is 3.61. The number of benzene rings is 1. The maximum absolute atomic E-state index is 12.5. The third-order valence-electron chi connectivity index (χ3n) is 20.9. The van der Waals surface area contributed by atoms with Crippen LogP contribution in [-0.2, 0) is 19.1 Å². The van der Waals surface area contributed by atoms with Crippen LogP contribution in [0, 0.1) is 69.5 Å². The molecular formula is C54H79NO7. The van der Waals surface area contributed by atoms with E-state index in [2.05, 4.69) is 77.8 Å². The van der Waals surface area contributed by atoms with E-state index in [0.29, 0.717) is 60.9 Å². The lowest BCUT2D eigenvalue weighted by Crippen LogP contribution is -2.62. The molecule has 0 aromatic heterocycles. The van der Waals surface area contributed by atoms with Crippen molar-refractivity contribution in [2.75, 3.05) is 32.2 Å². The number of esters is 1. The van der Waals surface area contributed by atoms with Gasteiger partial charge in [0.1, 0.15) is 0 Å². The lowest BCUT2D eigenvalue weighted by atomic mass is 9.43. The van der Waals surface area contributed by atoms with Gasteiger partial charge in [0.2, 0.25) is 0 Å². The Morgan fingerprint density at radius 3 is 2.44 bits per heavy atom. The van der Waals surface area contributed by atoms with Crippen molar-refractivity contribution in [2.24, 2.45) is 69.5 Å². The molecule has 6 saturated carbocycles. The Labute approximate surface area is 372 Å². The van der Waals surface area contributed by atoms with Gasteiger partial charge in [0, 0.05) is 43.5 Å². The summed E-state index contributed by atoms with van der Waals surface area (Å²) in [6.07, 6.45) is 14.8. The first-order chi connectivity index (χ1) is 29.4. The van der Waals surface area contributed by atoms with Crippen molar-refractivity contribution >= 4 is 17.4 Å². The fourth-order valence-corrected chi connectivity index (χ4v) is 16.9. The van der Waals surface area contributed by atoms with Gasteiger partial charge >= 0.3 is 5.97 Å². The van der Waals surface area contributed by atoms with Crippen LogP contribution in [-0.4, -0.2) is 78.3 Å². The number of methoxy groups -OCH3 is 1. The van der Waals surface area contributed by atoms with E-state index in [4.69, 9.17) is 9.47 Å². The lowest BCUT2D eigenvalue weighted by Gasteiger charge is -2.63. The topological polar surface area (TPSA) is 117 Å². The molecule has 1 aromatic rings. The predicted octanol–water partition coefficient (Wildman–Crippen LogP) is 9.59. The second-order valence-electron chi connectivity index (χ2n) is 23.2. The highest BCUT2D eigenvalue weighted by molar-refractivity contribution is 5.93. The molecule has 0 heterocycles. The zero-order valence-corrected chi connectivity index (χ0v) is 39.3. The number of ether oxygens (including phenoxy) is 2. The highest BCUT2D eigenvalue weighted by Crippen LogP contribution is 2.70. The average molecular weight is 854 g/mol. The van der Waals surface area contributed by atoms with Crippen LogP contribution in [0.4, 0.5) is 5.69 Å². The summed E-state index contributed by atoms with van der Waals surface area (Å²) in [5.41, 5.74) is 5.78. The zero-order valence-electron chi connectivity index (χ0n) is 39.3. The molecule has 8 aliphatic carbocycles. The highest BCUT2D eigenvalue weighted by atomic mass is 16.5. The van der Waals surface area contributed by atoms with Gasteiger partial charge in [-0.25, -0.2) is 0 Å². The number of aliphatic hydroxyl groups excluding tert-OH is 2. The summed E-state index contributed by atoms with van der Waals surface area (Å²) in [5.74, 6) is 3.39. The lowest BCUT2D eigenvalue weighted by molar-refractivity contribution is -0.209. The Kier molecular flexibility index (Phi) is 11.8. The van der Waals surface area contributed by atoms with Gasteiger partial charge in [0.15, 0.2) is 5.78 Å². The minimum absolute atomic E-state index is 0.0857. The van der Waals surface area contributed by atoms with Gasteiger partial charge in [0.05, 0.1) is 37.6 Å². The van der Waals surface area contributed by atoms with Crippen molar-refractivity contribution in [3.8, 4) is 0 Å². The van der Waals surface area contributed by atoms with Gasteiger partial charge < -0.3 is 29.7 Å². The van der Waals surface area contributed by atoms with E-state index in [0.717, 1.165) is 90.0 Å². The molecule has 3 unspecified atom stereocenters. The number of ketones is 1. The standard InChI is InChI=1S/C54H79NO7/c1-31(9-20-48(59)61-8)42-18-19-43-50-45(29-47(58)53(42,43)5)51(3)22-21-38(27-35(51)28-46(50)57)62-24-23-55(7)36-13-10-33(11-14-36)41-30-52(4)44(25-32(2)54(52,6)60)40-16-12-34-26-37(56)15-17-39(34)49(40)41/h10-11,13-14,26,31-32,35,38,40-47,50,57-58,60H,9,12,15-25,27-30H2,1-8H3/t31-,32-,35+,38+,40?,41-,42?,43+,44?,45+,46-,47+,50+,51+,52+,53-,54+/m1/s1. The van der Waals surface area contributed by atoms with Gasteiger partial charge in [-0.3, -0.25) is 9.59 Å². The minimum Gasteiger partial charge on any atom is -0.469 e. The van der Waals surface area contributed by atoms with Gasteiger partial charge in [0.25, 0.3) is 0 Å². The second kappa shape index (κ2) is 16.4. The van der Waals surface area contributed by atoms with Crippen molar-refractivity contribution < 1.29 is 34.4 Å². The smallest absolute Gasteiger partial charge is 0.305 e. The maximum Gasteiger partial charge on any atom is 0.305 e. The number of nitrogens with zero attached hydrogens (tertiary/aromatic N) is 1. The number of carbonyl (C=O) groups excluding carboxylic acids is 2. The fourth-order valence-electron chi connectivity index (χ4n) is 16.9. The molecule has 342 valence electrons. The highest BCUT2D eigenvalue weighted by Gasteiger charge is 2.66. The Morgan fingerprint density at radius 2 is 1.69 bits per heavy atom. The summed E-state index contributed by atoms with van der Waals surface area (Å²) < 4.78 is 11.6. The first-order valence-electron chi connectivity index (χ1n) is 25.0. The molecule has 8 heteroatoms. The van der Waals surface area contributed by atoms with E-state index in [9.17, 15) is 24.9 Å². The second-order valence-corrected chi connectivity index (χ2v) is 23.2. The molecule has 0 saturated heterocycles. The molecule has 3 N–H and O–H groups in total. The Bertz CT molecular complexity index is 1940. The number of hydrogen-bond acceptors (Lipinski definition) is 8. The van der Waals surface area contributed by atoms with E-state index in [1.165, 1.54) is 29.5 Å². The Morgan fingerprint density at radius 1 is 0.935 bits per heavy atom. The largest absolute Gasteiger partial charge is 0.469 e. The Hall–Kier alpha value is -2.52. The first kappa shape index (κ1) is 44.7. The number of allylic oxidation sites excluding steroid dienone is 4. The number of rotatable bonds is 10. The summed E-state index contributed by atoms with van der Waals surface area (Å²) in [6, 6.07) is 9.20. The van der Waals surface area contributed by atoms with Crippen LogP contribution in [0.25, 0.3) is 0 Å². The van der Waals surface area contributed by atoms with Gasteiger partial charge in [-0.1, -0.05) is 52.3 Å². The normalized spacial score (nSPS) is 45.1. The van der Waals surface area contributed by atoms with Crippen LogP contribution in [0.1, 0.15) is 149 Å². The van der Waals surface area contributed by atoms with Crippen LogP contribution < -0.4 is 4.90 Å². The van der Waals surface area contributed by atoms with Crippen molar-refractivity contribution in [2.45, 2.75) is 168 Å². The van der Waals surface area contributed by atoms with E-state index in [1.807, 2.05) is 6.08 Å². The molecule has 0 bridgehead atoms. The van der Waals surface area contributed by atoms with E-state index in [1.54, 1.807) is 5.57 Å². The average Bonchev–Trinajstić information content (AvgIpc) is 3.70. The molecule has 62 heavy (non-hydrogen) atoms. The molecule has 1 aromatic carbocycles. The SMILES string of the molecule is COC(=O)CC[C@@H](C)C1CC[C@H]2[C@@H]3[C@H](O)C[C@@H]4C[C@@H](OCCN(C)c5ccc([C@H]6C[C@@]7(C)C(C[C@@H](C)[C@]7(C)O)C7CCC8=CC(=O)CCC8=C76)cc5)CC[C@]4(C)[C@H]3C[C@H](O)[C@]12C. The molecule has 6 fully saturated rings. The molecule has 0 amide bonds. The Balaban J connectivity index is 0.832. The quantitative estimate of drug-likeness (QED) is 0.200. The predicted molar refractivity (Wildman–Crippen MR) is 243 cm³/mol. The zero-order chi connectivity index (χ0) is 44.1. The van der Waals surface area contributed by atoms with Gasteiger partial charge in [-0.05, 0) is 189 Å². The molecule has 9 rings (SSSR count). The molecule has 17 atom stereocenters. The van der Waals surface area contributed by atoms with Crippen molar-refractivity contribution in [1.29, 1.82) is 0 Å². The van der Waals surface area contributed by atoms with Crippen LogP contribution in [0.5, 0.6) is 0 Å². The number of fused-ring (bicyclic) bond motifs is 9. The maximum atomic E-state index is 12.5. The minimum atomic E-state index is -0.713. The summed E-state index contributed by atoms with van der Waals surface area (Å²) in [5, 5.41) is 36.1. The fraction of sp³-hybridized carbons (Fsp3) is 0.778. The molecule has 0 spiro atoms. The van der Waals surface area contributed by atoms with E-state index >= 15 is 0 Å². The number of carbonyl (C=O) groups is 2. The number of aliphatic hydroxyl groups is 3. The van der Waals surface area contributed by atoms with Crippen LogP contribution in [0.2, 0.25) is 0 Å². The number of likely N-dealkylation sites (N-methyl/N-ethyl adjacent to an activating group) is 1. The molecule has 8 nitrogen and oxygen atoms in total. The van der Waals surface area contributed by atoms with E-state index < -0.39 is 11.7 Å². The van der Waals surface area contributed by atoms with Crippen molar-refractivity contribution in [3.05, 3.63) is 52.6 Å². The van der Waals surface area contributed by atoms with E-state index in [-0.39, 0.29) is 58.0 Å².